The highest BCUT2D eigenvalue weighted by Gasteiger charge is 2.23. The molecule has 28 heavy (non-hydrogen) atoms. The number of hydrogen-bond donors (Lipinski definition) is 0. The van der Waals surface area contributed by atoms with E-state index in [1.54, 1.807) is 25.1 Å². The van der Waals surface area contributed by atoms with E-state index in [0.717, 1.165) is 16.8 Å². The predicted molar refractivity (Wildman–Crippen MR) is 112 cm³/mol. The molecule has 1 heterocycles. The SMILES string of the molecule is C=[N+]1c2cc(Cl)ccc2C=CC1/C=C/c1cccc(C(=O)CC(=O)OCC)c1. The van der Waals surface area contributed by atoms with Crippen molar-refractivity contribution in [2.24, 2.45) is 0 Å². The van der Waals surface area contributed by atoms with Crippen LogP contribution >= 0.6 is 11.6 Å². The van der Waals surface area contributed by atoms with Gasteiger partial charge in [-0.2, -0.15) is 4.58 Å². The molecule has 1 atom stereocenters. The lowest BCUT2D eigenvalue weighted by molar-refractivity contribution is -0.449. The van der Waals surface area contributed by atoms with Gasteiger partial charge in [-0.1, -0.05) is 35.9 Å². The van der Waals surface area contributed by atoms with Crippen LogP contribution < -0.4 is 0 Å². The van der Waals surface area contributed by atoms with Crippen molar-refractivity contribution in [3.8, 4) is 0 Å². The fourth-order valence-electron chi connectivity index (χ4n) is 3.01. The molecule has 0 saturated heterocycles. The minimum atomic E-state index is -0.509. The summed E-state index contributed by atoms with van der Waals surface area (Å²) in [5.41, 5.74) is 3.38. The molecule has 5 heteroatoms. The van der Waals surface area contributed by atoms with Gasteiger partial charge >= 0.3 is 5.97 Å². The van der Waals surface area contributed by atoms with Gasteiger partial charge < -0.3 is 4.74 Å². The lowest BCUT2D eigenvalue weighted by atomic mass is 10.0. The van der Waals surface area contributed by atoms with Gasteiger partial charge in [0.05, 0.1) is 6.61 Å². The Bertz CT molecular complexity index is 991. The fraction of sp³-hybridized carbons (Fsp3) is 0.174. The van der Waals surface area contributed by atoms with Gasteiger partial charge in [-0.15, -0.1) is 0 Å². The molecule has 1 aliphatic rings. The van der Waals surface area contributed by atoms with E-state index >= 15 is 0 Å². The topological polar surface area (TPSA) is 46.4 Å². The van der Waals surface area contributed by atoms with E-state index in [2.05, 4.69) is 12.8 Å². The van der Waals surface area contributed by atoms with E-state index in [1.165, 1.54) is 0 Å². The van der Waals surface area contributed by atoms with Crippen LogP contribution in [-0.2, 0) is 9.53 Å². The number of hydrogen-bond acceptors (Lipinski definition) is 3. The van der Waals surface area contributed by atoms with Crippen LogP contribution in [0.5, 0.6) is 0 Å². The number of nitrogens with zero attached hydrogens (tertiary/aromatic N) is 1. The standard InChI is InChI=1S/C23H21ClNO3/c1-3-28-23(27)15-22(26)18-6-4-5-16(13-18)7-11-20-12-9-17-8-10-19(24)14-21(17)25(20)2/h4-14,20H,2-3,15H2,1H3/q+1/b11-7+. The maximum absolute atomic E-state index is 12.2. The lowest BCUT2D eigenvalue weighted by Gasteiger charge is -2.14. The maximum Gasteiger partial charge on any atom is 0.313 e. The van der Waals surface area contributed by atoms with Gasteiger partial charge in [-0.25, -0.2) is 0 Å². The Balaban J connectivity index is 1.74. The molecule has 0 radical (unpaired) electrons. The van der Waals surface area contributed by atoms with Crippen molar-refractivity contribution in [3.05, 3.63) is 76.3 Å². The highest BCUT2D eigenvalue weighted by molar-refractivity contribution is 6.30. The number of Topliss-reactive ketones (excluding diaryl/α,β-unsaturated/α-hetero) is 1. The minimum Gasteiger partial charge on any atom is -0.466 e. The van der Waals surface area contributed by atoms with Crippen molar-refractivity contribution in [1.29, 1.82) is 0 Å². The minimum absolute atomic E-state index is 0.0372. The number of ether oxygens (including phenoxy) is 1. The molecule has 0 aromatic heterocycles. The molecule has 1 aliphatic heterocycles. The third kappa shape index (κ3) is 4.65. The summed E-state index contributed by atoms with van der Waals surface area (Å²) >= 11 is 6.10. The first-order valence-electron chi connectivity index (χ1n) is 9.02. The second-order valence-electron chi connectivity index (χ2n) is 6.41. The van der Waals surface area contributed by atoms with E-state index in [4.69, 9.17) is 16.3 Å². The number of benzene rings is 2. The average Bonchev–Trinajstić information content (AvgIpc) is 2.68. The van der Waals surface area contributed by atoms with E-state index in [-0.39, 0.29) is 24.9 Å². The Hall–Kier alpha value is -2.98. The molecule has 0 N–H and O–H groups in total. The zero-order valence-electron chi connectivity index (χ0n) is 15.6. The zero-order chi connectivity index (χ0) is 20.1. The second kappa shape index (κ2) is 8.81. The molecule has 0 spiro atoms. The van der Waals surface area contributed by atoms with E-state index in [9.17, 15) is 9.59 Å². The molecule has 0 fully saturated rings. The van der Waals surface area contributed by atoms with Crippen LogP contribution in [0.3, 0.4) is 0 Å². The number of esters is 1. The van der Waals surface area contributed by atoms with Crippen molar-refractivity contribution in [2.75, 3.05) is 6.61 Å². The number of ketones is 1. The van der Waals surface area contributed by atoms with Crippen molar-refractivity contribution in [2.45, 2.75) is 19.4 Å². The van der Waals surface area contributed by atoms with E-state index < -0.39 is 5.97 Å². The second-order valence-corrected chi connectivity index (χ2v) is 6.85. The zero-order valence-corrected chi connectivity index (χ0v) is 16.4. The Morgan fingerprint density at radius 3 is 2.86 bits per heavy atom. The first kappa shape index (κ1) is 19.8. The van der Waals surface area contributed by atoms with Crippen molar-refractivity contribution in [3.63, 3.8) is 0 Å². The summed E-state index contributed by atoms with van der Waals surface area (Å²) in [5.74, 6) is -0.764. The van der Waals surface area contributed by atoms with Gasteiger partial charge in [0.1, 0.15) is 13.1 Å². The molecule has 0 aliphatic carbocycles. The van der Waals surface area contributed by atoms with Gasteiger partial charge in [0.15, 0.2) is 11.8 Å². The third-order valence-corrected chi connectivity index (χ3v) is 4.67. The molecule has 2 aromatic rings. The van der Waals surface area contributed by atoms with Gasteiger partial charge in [-0.05, 0) is 48.9 Å². The third-order valence-electron chi connectivity index (χ3n) is 4.44. The normalized spacial score (nSPS) is 15.5. The monoisotopic (exact) mass is 394 g/mol. The van der Waals surface area contributed by atoms with Crippen LogP contribution in [0.4, 0.5) is 5.69 Å². The van der Waals surface area contributed by atoms with Crippen molar-refractivity contribution < 1.29 is 18.9 Å². The van der Waals surface area contributed by atoms with Crippen LogP contribution in [0, 0.1) is 0 Å². The lowest BCUT2D eigenvalue weighted by Crippen LogP contribution is -2.19. The number of rotatable bonds is 6. The maximum atomic E-state index is 12.2. The summed E-state index contributed by atoms with van der Waals surface area (Å²) in [6, 6.07) is 12.8. The molecule has 0 saturated carbocycles. The highest BCUT2D eigenvalue weighted by atomic mass is 35.5. The molecule has 1 unspecified atom stereocenters. The summed E-state index contributed by atoms with van der Waals surface area (Å²) < 4.78 is 6.73. The summed E-state index contributed by atoms with van der Waals surface area (Å²) in [7, 11) is 0. The quantitative estimate of drug-likeness (QED) is 0.302. The Morgan fingerprint density at radius 2 is 2.07 bits per heavy atom. The number of carbonyl (C=O) groups excluding carboxylic acids is 2. The Kier molecular flexibility index (Phi) is 6.22. The Morgan fingerprint density at radius 1 is 1.25 bits per heavy atom. The molecular formula is C23H21ClNO3+. The molecule has 3 rings (SSSR count). The summed E-state index contributed by atoms with van der Waals surface area (Å²) in [6.45, 7) is 6.11. The highest BCUT2D eigenvalue weighted by Crippen LogP contribution is 2.30. The van der Waals surface area contributed by atoms with Gasteiger partial charge in [-0.3, -0.25) is 9.59 Å². The van der Waals surface area contributed by atoms with Crippen LogP contribution in [0.2, 0.25) is 5.02 Å². The Labute approximate surface area is 169 Å². The first-order chi connectivity index (χ1) is 13.5. The molecule has 0 amide bonds. The average molecular weight is 395 g/mol. The number of fused-ring (bicyclic) bond motifs is 1. The fourth-order valence-corrected chi connectivity index (χ4v) is 3.18. The van der Waals surface area contributed by atoms with Crippen LogP contribution in [0.15, 0.2) is 54.6 Å². The van der Waals surface area contributed by atoms with Crippen molar-refractivity contribution in [1.82, 2.24) is 0 Å². The number of halogens is 1. The summed E-state index contributed by atoms with van der Waals surface area (Å²) in [4.78, 5) is 23.8. The van der Waals surface area contributed by atoms with Crippen LogP contribution in [-0.4, -0.2) is 35.7 Å². The molecule has 142 valence electrons. The molecule has 0 bridgehead atoms. The van der Waals surface area contributed by atoms with Crippen LogP contribution in [0.25, 0.3) is 12.2 Å². The smallest absolute Gasteiger partial charge is 0.313 e. The molecule has 2 aromatic carbocycles. The summed E-state index contributed by atoms with van der Waals surface area (Å²) in [6.07, 6.45) is 7.78. The van der Waals surface area contributed by atoms with E-state index in [1.807, 2.05) is 47.1 Å². The molecular weight excluding hydrogens is 374 g/mol. The molecule has 4 nitrogen and oxygen atoms in total. The van der Waals surface area contributed by atoms with E-state index in [0.29, 0.717) is 10.6 Å². The van der Waals surface area contributed by atoms with Gasteiger partial charge in [0.2, 0.25) is 5.69 Å². The summed E-state index contributed by atoms with van der Waals surface area (Å²) in [5, 5.41) is 0.665. The van der Waals surface area contributed by atoms with Gasteiger partial charge in [0.25, 0.3) is 0 Å². The predicted octanol–water partition coefficient (Wildman–Crippen LogP) is 4.93. The van der Waals surface area contributed by atoms with Crippen LogP contribution in [0.1, 0.15) is 34.8 Å². The van der Waals surface area contributed by atoms with Crippen molar-refractivity contribution >= 4 is 47.9 Å². The number of carbonyl (C=O) groups is 2. The largest absolute Gasteiger partial charge is 0.466 e. The van der Waals surface area contributed by atoms with Gasteiger partial charge in [0, 0.05) is 22.2 Å². The first-order valence-corrected chi connectivity index (χ1v) is 9.40.